The summed E-state index contributed by atoms with van der Waals surface area (Å²) in [5.74, 6) is 0. The fraction of sp³-hybridized carbons (Fsp3) is 0.333. The minimum Gasteiger partial charge on any atom is -0.381 e. The number of halogens is 3. The standard InChI is InChI=1S/C12H14F3N/c1-3-9(2)8-16-11-6-4-10(5-7-11)12(13,14)15/h4-7,16H,2-3,8H2,1H3. The second-order valence-corrected chi connectivity index (χ2v) is 3.53. The first-order valence-corrected chi connectivity index (χ1v) is 5.01. The van der Waals surface area contributed by atoms with Crippen molar-refractivity contribution in [2.75, 3.05) is 11.9 Å². The quantitative estimate of drug-likeness (QED) is 0.767. The van der Waals surface area contributed by atoms with E-state index in [1.54, 1.807) is 0 Å². The van der Waals surface area contributed by atoms with Crippen LogP contribution >= 0.6 is 0 Å². The van der Waals surface area contributed by atoms with Crippen molar-refractivity contribution < 1.29 is 13.2 Å². The lowest BCUT2D eigenvalue weighted by Gasteiger charge is -2.10. The number of hydrogen-bond acceptors (Lipinski definition) is 1. The average molecular weight is 229 g/mol. The van der Waals surface area contributed by atoms with Crippen molar-refractivity contribution in [2.45, 2.75) is 19.5 Å². The zero-order chi connectivity index (χ0) is 12.2. The predicted molar refractivity (Wildman–Crippen MR) is 59.4 cm³/mol. The van der Waals surface area contributed by atoms with Crippen LogP contribution in [0.2, 0.25) is 0 Å². The van der Waals surface area contributed by atoms with E-state index in [0.29, 0.717) is 12.2 Å². The number of benzene rings is 1. The van der Waals surface area contributed by atoms with Crippen molar-refractivity contribution >= 4 is 5.69 Å². The number of rotatable bonds is 4. The molecule has 0 aliphatic rings. The SMILES string of the molecule is C=C(CC)CNc1ccc(C(F)(F)F)cc1. The Morgan fingerprint density at radius 2 is 1.81 bits per heavy atom. The van der Waals surface area contributed by atoms with Gasteiger partial charge in [-0.05, 0) is 30.7 Å². The van der Waals surface area contributed by atoms with Gasteiger partial charge in [-0.25, -0.2) is 0 Å². The van der Waals surface area contributed by atoms with E-state index in [9.17, 15) is 13.2 Å². The highest BCUT2D eigenvalue weighted by Gasteiger charge is 2.29. The van der Waals surface area contributed by atoms with Crippen molar-refractivity contribution in [3.8, 4) is 0 Å². The van der Waals surface area contributed by atoms with E-state index >= 15 is 0 Å². The largest absolute Gasteiger partial charge is 0.416 e. The van der Waals surface area contributed by atoms with Gasteiger partial charge in [0, 0.05) is 12.2 Å². The first-order chi connectivity index (χ1) is 7.43. The summed E-state index contributed by atoms with van der Waals surface area (Å²) in [4.78, 5) is 0. The third-order valence-electron chi connectivity index (χ3n) is 2.25. The lowest BCUT2D eigenvalue weighted by atomic mass is 10.2. The molecule has 1 rings (SSSR count). The molecule has 0 aliphatic heterocycles. The van der Waals surface area contributed by atoms with E-state index in [2.05, 4.69) is 11.9 Å². The molecule has 0 saturated heterocycles. The molecule has 16 heavy (non-hydrogen) atoms. The molecule has 0 aliphatic carbocycles. The van der Waals surface area contributed by atoms with Crippen LogP contribution in [-0.2, 0) is 6.18 Å². The van der Waals surface area contributed by atoms with Crippen LogP contribution in [0.3, 0.4) is 0 Å². The highest BCUT2D eigenvalue weighted by atomic mass is 19.4. The number of alkyl halides is 3. The number of hydrogen-bond donors (Lipinski definition) is 1. The Morgan fingerprint density at radius 1 is 1.25 bits per heavy atom. The van der Waals surface area contributed by atoms with Gasteiger partial charge in [0.1, 0.15) is 0 Å². The van der Waals surface area contributed by atoms with Crippen molar-refractivity contribution in [3.63, 3.8) is 0 Å². The Morgan fingerprint density at radius 3 is 2.25 bits per heavy atom. The molecular weight excluding hydrogens is 215 g/mol. The summed E-state index contributed by atoms with van der Waals surface area (Å²) < 4.78 is 36.8. The van der Waals surface area contributed by atoms with Crippen LogP contribution in [0.1, 0.15) is 18.9 Å². The molecule has 0 radical (unpaired) electrons. The van der Waals surface area contributed by atoms with Gasteiger partial charge in [-0.3, -0.25) is 0 Å². The molecule has 4 heteroatoms. The van der Waals surface area contributed by atoms with Crippen LogP contribution in [0, 0.1) is 0 Å². The first-order valence-electron chi connectivity index (χ1n) is 5.01. The summed E-state index contributed by atoms with van der Waals surface area (Å²) in [6, 6.07) is 4.98. The molecule has 88 valence electrons. The summed E-state index contributed by atoms with van der Waals surface area (Å²) >= 11 is 0. The highest BCUT2D eigenvalue weighted by molar-refractivity contribution is 5.46. The second kappa shape index (κ2) is 5.05. The van der Waals surface area contributed by atoms with E-state index in [1.165, 1.54) is 12.1 Å². The maximum absolute atomic E-state index is 12.3. The van der Waals surface area contributed by atoms with Crippen LogP contribution in [0.25, 0.3) is 0 Å². The molecule has 0 unspecified atom stereocenters. The molecule has 1 N–H and O–H groups in total. The summed E-state index contributed by atoms with van der Waals surface area (Å²) in [6.45, 7) is 6.37. The van der Waals surface area contributed by atoms with Crippen LogP contribution in [0.15, 0.2) is 36.4 Å². The molecule has 1 aromatic rings. The van der Waals surface area contributed by atoms with E-state index in [0.717, 1.165) is 24.1 Å². The number of anilines is 1. The Bertz CT molecular complexity index is 352. The van der Waals surface area contributed by atoms with Gasteiger partial charge in [0.25, 0.3) is 0 Å². The lowest BCUT2D eigenvalue weighted by Crippen LogP contribution is -2.06. The van der Waals surface area contributed by atoms with Crippen LogP contribution in [0.4, 0.5) is 18.9 Å². The minimum absolute atomic E-state index is 0.585. The van der Waals surface area contributed by atoms with E-state index < -0.39 is 11.7 Å². The molecule has 1 aromatic carbocycles. The monoisotopic (exact) mass is 229 g/mol. The second-order valence-electron chi connectivity index (χ2n) is 3.53. The predicted octanol–water partition coefficient (Wildman–Crippen LogP) is 4.08. The average Bonchev–Trinajstić information content (AvgIpc) is 2.25. The summed E-state index contributed by atoms with van der Waals surface area (Å²) in [6.07, 6.45) is -3.42. The van der Waals surface area contributed by atoms with Crippen molar-refractivity contribution in [2.24, 2.45) is 0 Å². The van der Waals surface area contributed by atoms with Gasteiger partial charge >= 0.3 is 6.18 Å². The van der Waals surface area contributed by atoms with Crippen molar-refractivity contribution in [3.05, 3.63) is 42.0 Å². The zero-order valence-corrected chi connectivity index (χ0v) is 9.06. The van der Waals surface area contributed by atoms with Gasteiger partial charge in [-0.15, -0.1) is 0 Å². The molecule has 0 bridgehead atoms. The zero-order valence-electron chi connectivity index (χ0n) is 9.06. The molecule has 0 saturated carbocycles. The van der Waals surface area contributed by atoms with Crippen molar-refractivity contribution in [1.29, 1.82) is 0 Å². The van der Waals surface area contributed by atoms with E-state index in [1.807, 2.05) is 6.92 Å². The van der Waals surface area contributed by atoms with Gasteiger partial charge in [-0.2, -0.15) is 13.2 Å². The molecular formula is C12H14F3N. The summed E-state index contributed by atoms with van der Waals surface area (Å²) in [7, 11) is 0. The van der Waals surface area contributed by atoms with Gasteiger partial charge in [0.05, 0.1) is 5.56 Å². The molecule has 1 nitrogen and oxygen atoms in total. The topological polar surface area (TPSA) is 12.0 Å². The van der Waals surface area contributed by atoms with E-state index in [4.69, 9.17) is 0 Å². The fourth-order valence-electron chi connectivity index (χ4n) is 1.13. The third kappa shape index (κ3) is 3.61. The maximum Gasteiger partial charge on any atom is 0.416 e. The first kappa shape index (κ1) is 12.6. The molecule has 0 amide bonds. The normalized spacial score (nSPS) is 11.2. The lowest BCUT2D eigenvalue weighted by molar-refractivity contribution is -0.137. The summed E-state index contributed by atoms with van der Waals surface area (Å²) in [5, 5.41) is 3.01. The van der Waals surface area contributed by atoms with Gasteiger partial charge in [0.2, 0.25) is 0 Å². The van der Waals surface area contributed by atoms with Crippen LogP contribution < -0.4 is 5.32 Å². The molecule has 0 fully saturated rings. The molecule has 0 atom stereocenters. The Kier molecular flexibility index (Phi) is 3.99. The third-order valence-corrected chi connectivity index (χ3v) is 2.25. The maximum atomic E-state index is 12.3. The summed E-state index contributed by atoms with van der Waals surface area (Å²) in [5.41, 5.74) is 1.05. The Labute approximate surface area is 93.0 Å². The smallest absolute Gasteiger partial charge is 0.381 e. The molecule has 0 aromatic heterocycles. The van der Waals surface area contributed by atoms with Gasteiger partial charge < -0.3 is 5.32 Å². The van der Waals surface area contributed by atoms with Crippen LogP contribution in [-0.4, -0.2) is 6.54 Å². The Hall–Kier alpha value is -1.45. The molecule has 0 spiro atoms. The van der Waals surface area contributed by atoms with Gasteiger partial charge in [0.15, 0.2) is 0 Å². The Balaban J connectivity index is 2.62. The van der Waals surface area contributed by atoms with Gasteiger partial charge in [-0.1, -0.05) is 19.1 Å². The van der Waals surface area contributed by atoms with Crippen LogP contribution in [0.5, 0.6) is 0 Å². The molecule has 0 heterocycles. The van der Waals surface area contributed by atoms with E-state index in [-0.39, 0.29) is 0 Å². The fourth-order valence-corrected chi connectivity index (χ4v) is 1.13. The van der Waals surface area contributed by atoms with Crippen molar-refractivity contribution in [1.82, 2.24) is 0 Å². The number of nitrogens with one attached hydrogen (secondary N) is 1. The highest BCUT2D eigenvalue weighted by Crippen LogP contribution is 2.29. The minimum atomic E-state index is -4.27.